The van der Waals surface area contributed by atoms with E-state index >= 15 is 0 Å². The molecule has 1 aromatic heterocycles. The van der Waals surface area contributed by atoms with Gasteiger partial charge in [0.25, 0.3) is 5.91 Å². The van der Waals surface area contributed by atoms with E-state index in [4.69, 9.17) is 9.47 Å². The van der Waals surface area contributed by atoms with E-state index in [1.165, 1.54) is 11.3 Å². The van der Waals surface area contributed by atoms with Crippen molar-refractivity contribution in [1.82, 2.24) is 10.9 Å². The molecule has 1 aliphatic rings. The van der Waals surface area contributed by atoms with E-state index in [2.05, 4.69) is 16.2 Å². The van der Waals surface area contributed by atoms with Gasteiger partial charge in [-0.25, -0.2) is 10.2 Å². The molecule has 4 rings (SSSR count). The number of fused-ring (bicyclic) bond motifs is 1. The van der Waals surface area contributed by atoms with E-state index in [-0.39, 0.29) is 12.7 Å². The van der Waals surface area contributed by atoms with Crippen LogP contribution in [0.15, 0.2) is 47.8 Å². The monoisotopic (exact) mass is 409 g/mol. The summed E-state index contributed by atoms with van der Waals surface area (Å²) in [5, 5.41) is 4.43. The molecule has 1 aliphatic heterocycles. The standard InChI is InChI=1S/C21H19N3O4S/c1-12-3-5-14(6-4-12)19-13(2)29-10-16(19)20(25)23-24-21(26)22-15-7-8-17-18(9-15)28-11-27-17/h3-10H,11H2,1-2H3,(H,23,25)(H2,22,24,26). The maximum absolute atomic E-state index is 12.6. The fourth-order valence-corrected chi connectivity index (χ4v) is 3.88. The fraction of sp³-hybridized carbons (Fsp3) is 0.143. The van der Waals surface area contributed by atoms with E-state index in [9.17, 15) is 9.59 Å². The zero-order valence-electron chi connectivity index (χ0n) is 15.9. The number of hydrogen-bond acceptors (Lipinski definition) is 5. The number of thiophene rings is 1. The van der Waals surface area contributed by atoms with Gasteiger partial charge in [-0.05, 0) is 31.5 Å². The number of hydrazine groups is 1. The van der Waals surface area contributed by atoms with Crippen LogP contribution in [0.5, 0.6) is 11.5 Å². The maximum Gasteiger partial charge on any atom is 0.337 e. The molecule has 8 heteroatoms. The topological polar surface area (TPSA) is 88.7 Å². The van der Waals surface area contributed by atoms with Crippen molar-refractivity contribution >= 4 is 29.0 Å². The van der Waals surface area contributed by atoms with E-state index in [0.717, 1.165) is 21.6 Å². The first kappa shape index (κ1) is 18.8. The second-order valence-electron chi connectivity index (χ2n) is 6.55. The molecule has 2 aromatic carbocycles. The quantitative estimate of drug-likeness (QED) is 0.565. The summed E-state index contributed by atoms with van der Waals surface area (Å²) in [7, 11) is 0. The molecule has 2 heterocycles. The predicted molar refractivity (Wildman–Crippen MR) is 111 cm³/mol. The van der Waals surface area contributed by atoms with Crippen LogP contribution >= 0.6 is 11.3 Å². The first-order valence-electron chi connectivity index (χ1n) is 8.93. The van der Waals surface area contributed by atoms with Crippen LogP contribution in [0.4, 0.5) is 10.5 Å². The second-order valence-corrected chi connectivity index (χ2v) is 7.63. The molecule has 0 fully saturated rings. The minimum Gasteiger partial charge on any atom is -0.454 e. The molecule has 0 aliphatic carbocycles. The van der Waals surface area contributed by atoms with Crippen molar-refractivity contribution in [3.63, 3.8) is 0 Å². The molecule has 0 radical (unpaired) electrons. The lowest BCUT2D eigenvalue weighted by molar-refractivity contribution is 0.0939. The van der Waals surface area contributed by atoms with Crippen molar-refractivity contribution in [3.8, 4) is 22.6 Å². The Balaban J connectivity index is 1.41. The summed E-state index contributed by atoms with van der Waals surface area (Å²) < 4.78 is 10.5. The van der Waals surface area contributed by atoms with Crippen molar-refractivity contribution < 1.29 is 19.1 Å². The lowest BCUT2D eigenvalue weighted by Crippen LogP contribution is -2.43. The summed E-state index contributed by atoms with van der Waals surface area (Å²) in [6.45, 7) is 4.14. The van der Waals surface area contributed by atoms with Crippen LogP contribution in [0.3, 0.4) is 0 Å². The van der Waals surface area contributed by atoms with Gasteiger partial charge in [0.1, 0.15) is 0 Å². The summed E-state index contributed by atoms with van der Waals surface area (Å²) in [6.07, 6.45) is 0. The molecule has 3 aromatic rings. The van der Waals surface area contributed by atoms with E-state index in [1.54, 1.807) is 23.6 Å². The third-order valence-electron chi connectivity index (χ3n) is 4.48. The highest BCUT2D eigenvalue weighted by atomic mass is 32.1. The Morgan fingerprint density at radius 3 is 2.52 bits per heavy atom. The molecule has 3 amide bonds. The normalized spacial score (nSPS) is 11.8. The molecule has 0 saturated carbocycles. The zero-order valence-corrected chi connectivity index (χ0v) is 16.7. The minimum atomic E-state index is -0.568. The molecular formula is C21H19N3O4S. The van der Waals surface area contributed by atoms with Crippen LogP contribution in [0, 0.1) is 13.8 Å². The Labute approximate surface area is 171 Å². The zero-order chi connectivity index (χ0) is 20.4. The van der Waals surface area contributed by atoms with Crippen molar-refractivity contribution in [1.29, 1.82) is 0 Å². The van der Waals surface area contributed by atoms with Crippen LogP contribution in [-0.2, 0) is 0 Å². The molecule has 148 valence electrons. The number of benzene rings is 2. The number of carbonyl (C=O) groups excluding carboxylic acids is 2. The van der Waals surface area contributed by atoms with Gasteiger partial charge in [-0.3, -0.25) is 10.2 Å². The van der Waals surface area contributed by atoms with Gasteiger partial charge in [0.15, 0.2) is 11.5 Å². The van der Waals surface area contributed by atoms with Gasteiger partial charge in [-0.15, -0.1) is 11.3 Å². The van der Waals surface area contributed by atoms with Crippen LogP contribution in [-0.4, -0.2) is 18.7 Å². The molecule has 29 heavy (non-hydrogen) atoms. The Morgan fingerprint density at radius 2 is 1.72 bits per heavy atom. The Hall–Kier alpha value is -3.52. The third-order valence-corrected chi connectivity index (χ3v) is 5.39. The second kappa shape index (κ2) is 7.84. The smallest absolute Gasteiger partial charge is 0.337 e. The number of aryl methyl sites for hydroxylation is 2. The molecule has 3 N–H and O–H groups in total. The fourth-order valence-electron chi connectivity index (χ4n) is 3.02. The molecule has 0 spiro atoms. The SMILES string of the molecule is Cc1ccc(-c2c(C(=O)NNC(=O)Nc3ccc4c(c3)OCO4)csc2C)cc1. The number of urea groups is 1. The van der Waals surface area contributed by atoms with Crippen LogP contribution < -0.4 is 25.6 Å². The summed E-state index contributed by atoms with van der Waals surface area (Å²) >= 11 is 1.49. The average Bonchev–Trinajstić information content (AvgIpc) is 3.33. The van der Waals surface area contributed by atoms with Gasteiger partial charge >= 0.3 is 6.03 Å². The van der Waals surface area contributed by atoms with Crippen LogP contribution in [0.25, 0.3) is 11.1 Å². The van der Waals surface area contributed by atoms with Gasteiger partial charge in [0.05, 0.1) is 5.56 Å². The molecule has 0 atom stereocenters. The van der Waals surface area contributed by atoms with E-state index in [1.807, 2.05) is 38.1 Å². The lowest BCUT2D eigenvalue weighted by Gasteiger charge is -2.11. The summed E-state index contributed by atoms with van der Waals surface area (Å²) in [5.41, 5.74) is 8.84. The highest BCUT2D eigenvalue weighted by molar-refractivity contribution is 7.10. The van der Waals surface area contributed by atoms with Gasteiger partial charge in [-0.2, -0.15) is 0 Å². The Bertz CT molecular complexity index is 1080. The minimum absolute atomic E-state index is 0.157. The Morgan fingerprint density at radius 1 is 0.966 bits per heavy atom. The van der Waals surface area contributed by atoms with Crippen molar-refractivity contribution in [2.75, 3.05) is 12.1 Å². The van der Waals surface area contributed by atoms with Crippen molar-refractivity contribution in [2.45, 2.75) is 13.8 Å². The molecule has 7 nitrogen and oxygen atoms in total. The predicted octanol–water partition coefficient (Wildman–Crippen LogP) is 4.23. The number of carbonyl (C=O) groups is 2. The summed E-state index contributed by atoms with van der Waals surface area (Å²) in [5.74, 6) is 0.801. The number of amides is 3. The molecule has 0 saturated heterocycles. The van der Waals surface area contributed by atoms with Crippen molar-refractivity contribution in [3.05, 3.63) is 63.8 Å². The van der Waals surface area contributed by atoms with E-state index in [0.29, 0.717) is 22.7 Å². The highest BCUT2D eigenvalue weighted by Crippen LogP contribution is 2.34. The number of anilines is 1. The number of nitrogens with one attached hydrogen (secondary N) is 3. The average molecular weight is 409 g/mol. The first-order chi connectivity index (χ1) is 14.0. The van der Waals surface area contributed by atoms with Crippen LogP contribution in [0.2, 0.25) is 0 Å². The summed E-state index contributed by atoms with van der Waals surface area (Å²) in [6, 6.07) is 12.5. The largest absolute Gasteiger partial charge is 0.454 e. The number of hydrogen-bond donors (Lipinski definition) is 3. The first-order valence-corrected chi connectivity index (χ1v) is 9.81. The Kier molecular flexibility index (Phi) is 5.09. The van der Waals surface area contributed by atoms with Gasteiger partial charge < -0.3 is 14.8 Å². The molecular weight excluding hydrogens is 390 g/mol. The number of ether oxygens (including phenoxy) is 2. The van der Waals surface area contributed by atoms with Gasteiger partial charge in [-0.1, -0.05) is 29.8 Å². The highest BCUT2D eigenvalue weighted by Gasteiger charge is 2.18. The van der Waals surface area contributed by atoms with Gasteiger partial charge in [0, 0.05) is 27.6 Å². The molecule has 0 unspecified atom stereocenters. The van der Waals surface area contributed by atoms with Crippen molar-refractivity contribution in [2.24, 2.45) is 0 Å². The lowest BCUT2D eigenvalue weighted by atomic mass is 10.0. The van der Waals surface area contributed by atoms with E-state index < -0.39 is 6.03 Å². The van der Waals surface area contributed by atoms with Gasteiger partial charge in [0.2, 0.25) is 6.79 Å². The third kappa shape index (κ3) is 4.02. The van der Waals surface area contributed by atoms with Crippen LogP contribution in [0.1, 0.15) is 20.8 Å². The maximum atomic E-state index is 12.6. The number of rotatable bonds is 3. The molecule has 0 bridgehead atoms. The summed E-state index contributed by atoms with van der Waals surface area (Å²) in [4.78, 5) is 25.8.